The van der Waals surface area contributed by atoms with Gasteiger partial charge in [0.05, 0.1) is 40.2 Å². The number of thiazole rings is 1. The lowest BCUT2D eigenvalue weighted by Crippen LogP contribution is -2.33. The van der Waals surface area contributed by atoms with Gasteiger partial charge in [-0.15, -0.1) is 11.3 Å². The molecule has 3 amide bonds. The van der Waals surface area contributed by atoms with Crippen LogP contribution in [-0.4, -0.2) is 51.6 Å². The van der Waals surface area contributed by atoms with Crippen molar-refractivity contribution in [2.75, 3.05) is 23.3 Å². The number of fused-ring (bicyclic) bond motifs is 1. The number of amides is 3. The average Bonchev–Trinajstić information content (AvgIpc) is 3.57. The molecule has 1 aliphatic rings. The van der Waals surface area contributed by atoms with Gasteiger partial charge in [0, 0.05) is 18.8 Å². The molecule has 1 atom stereocenters. The molecule has 0 aliphatic carbocycles. The molecule has 10 nitrogen and oxygen atoms in total. The summed E-state index contributed by atoms with van der Waals surface area (Å²) in [6.45, 7) is 1.73. The van der Waals surface area contributed by atoms with E-state index in [1.165, 1.54) is 52.4 Å². The summed E-state index contributed by atoms with van der Waals surface area (Å²) in [5.74, 6) is -1.28. The first kappa shape index (κ1) is 22.5. The minimum atomic E-state index is -0.620. The van der Waals surface area contributed by atoms with E-state index in [9.17, 15) is 18.8 Å². The third kappa shape index (κ3) is 4.68. The first-order chi connectivity index (χ1) is 16.9. The highest BCUT2D eigenvalue weighted by Crippen LogP contribution is 2.26. The van der Waals surface area contributed by atoms with Crippen LogP contribution in [0.3, 0.4) is 0 Å². The molecule has 35 heavy (non-hydrogen) atoms. The molecule has 2 aromatic carbocycles. The first-order valence-electron chi connectivity index (χ1n) is 10.6. The minimum absolute atomic E-state index is 0.113. The number of anilines is 2. The second-order valence-electron chi connectivity index (χ2n) is 7.84. The SMILES string of the molecule is CC(=O)NC[C@H]1CN(c2ccc(-n3cnc(C(=O)Nc4ccc5ncsc5c4)c3)c(F)c2)C(=O)O1. The zero-order valence-corrected chi connectivity index (χ0v) is 19.2. The van der Waals surface area contributed by atoms with Crippen molar-refractivity contribution >= 4 is 50.8 Å². The Morgan fingerprint density at radius 2 is 2.09 bits per heavy atom. The summed E-state index contributed by atoms with van der Waals surface area (Å²) in [5.41, 5.74) is 3.77. The summed E-state index contributed by atoms with van der Waals surface area (Å²) in [6, 6.07) is 9.66. The molecule has 12 heteroatoms. The van der Waals surface area contributed by atoms with Crippen LogP contribution in [0.25, 0.3) is 15.9 Å². The summed E-state index contributed by atoms with van der Waals surface area (Å²) >= 11 is 1.47. The second kappa shape index (κ2) is 9.14. The Labute approximate surface area is 202 Å². The summed E-state index contributed by atoms with van der Waals surface area (Å²) in [7, 11) is 0. The average molecular weight is 495 g/mol. The molecule has 1 aliphatic heterocycles. The predicted molar refractivity (Wildman–Crippen MR) is 127 cm³/mol. The van der Waals surface area contributed by atoms with Crippen LogP contribution in [0.4, 0.5) is 20.6 Å². The fourth-order valence-electron chi connectivity index (χ4n) is 3.67. The molecule has 3 heterocycles. The van der Waals surface area contributed by atoms with E-state index >= 15 is 0 Å². The van der Waals surface area contributed by atoms with Gasteiger partial charge in [0.15, 0.2) is 0 Å². The van der Waals surface area contributed by atoms with E-state index in [0.29, 0.717) is 11.4 Å². The lowest BCUT2D eigenvalue weighted by Gasteiger charge is -2.14. The van der Waals surface area contributed by atoms with E-state index in [0.717, 1.165) is 10.2 Å². The molecular formula is C23H19FN6O4S. The van der Waals surface area contributed by atoms with Gasteiger partial charge in [0.25, 0.3) is 5.91 Å². The highest BCUT2D eigenvalue weighted by Gasteiger charge is 2.32. The number of imidazole rings is 1. The molecule has 0 bridgehead atoms. The number of hydrogen-bond acceptors (Lipinski definition) is 7. The third-order valence-corrected chi connectivity index (χ3v) is 6.17. The molecule has 178 valence electrons. The molecule has 1 fully saturated rings. The van der Waals surface area contributed by atoms with Crippen LogP contribution in [0.15, 0.2) is 54.4 Å². The van der Waals surface area contributed by atoms with Gasteiger partial charge in [-0.25, -0.2) is 19.2 Å². The standard InChI is InChI=1S/C23H19FN6O4S/c1-13(31)25-8-16-9-30(23(33)34-16)15-3-5-20(17(24)7-15)29-10-19(26-11-29)22(32)28-14-2-4-18-21(6-14)35-12-27-18/h2-7,10-12,16H,8-9H2,1H3,(H,25,31)(H,28,32)/t16-/m0/s1. The van der Waals surface area contributed by atoms with Gasteiger partial charge in [-0.2, -0.15) is 0 Å². The van der Waals surface area contributed by atoms with Crippen LogP contribution in [0.1, 0.15) is 17.4 Å². The van der Waals surface area contributed by atoms with Crippen molar-refractivity contribution in [3.05, 3.63) is 65.9 Å². The number of benzene rings is 2. The number of carbonyl (C=O) groups excluding carboxylic acids is 3. The Morgan fingerprint density at radius 1 is 1.23 bits per heavy atom. The van der Waals surface area contributed by atoms with Crippen molar-refractivity contribution in [1.82, 2.24) is 19.9 Å². The number of nitrogens with one attached hydrogen (secondary N) is 2. The van der Waals surface area contributed by atoms with Crippen molar-refractivity contribution in [2.24, 2.45) is 0 Å². The normalized spacial score (nSPS) is 15.3. The zero-order chi connectivity index (χ0) is 24.5. The fourth-order valence-corrected chi connectivity index (χ4v) is 4.39. The molecule has 4 aromatic rings. The summed E-state index contributed by atoms with van der Waals surface area (Å²) in [6.07, 6.45) is 1.62. The number of aromatic nitrogens is 3. The van der Waals surface area contributed by atoms with Crippen LogP contribution >= 0.6 is 11.3 Å². The highest BCUT2D eigenvalue weighted by molar-refractivity contribution is 7.16. The van der Waals surface area contributed by atoms with E-state index in [1.807, 2.05) is 12.1 Å². The van der Waals surface area contributed by atoms with E-state index < -0.39 is 23.9 Å². The number of ether oxygens (including phenoxy) is 1. The van der Waals surface area contributed by atoms with Crippen LogP contribution in [0.5, 0.6) is 0 Å². The van der Waals surface area contributed by atoms with Gasteiger partial charge in [0.2, 0.25) is 5.91 Å². The first-order valence-corrected chi connectivity index (χ1v) is 11.5. The van der Waals surface area contributed by atoms with E-state index in [1.54, 1.807) is 17.6 Å². The predicted octanol–water partition coefficient (Wildman–Crippen LogP) is 3.33. The fraction of sp³-hybridized carbons (Fsp3) is 0.174. The van der Waals surface area contributed by atoms with Gasteiger partial charge < -0.3 is 19.9 Å². The van der Waals surface area contributed by atoms with Crippen LogP contribution in [0, 0.1) is 5.82 Å². The molecule has 2 aromatic heterocycles. The summed E-state index contributed by atoms with van der Waals surface area (Å²) < 4.78 is 22.5. The lowest BCUT2D eigenvalue weighted by molar-refractivity contribution is -0.119. The number of carbonyl (C=O) groups is 3. The Hall–Kier alpha value is -4.32. The minimum Gasteiger partial charge on any atom is -0.442 e. The molecule has 0 radical (unpaired) electrons. The molecule has 1 saturated heterocycles. The smallest absolute Gasteiger partial charge is 0.414 e. The molecular weight excluding hydrogens is 475 g/mol. The second-order valence-corrected chi connectivity index (χ2v) is 8.73. The Balaban J connectivity index is 1.28. The monoisotopic (exact) mass is 494 g/mol. The van der Waals surface area contributed by atoms with Crippen LogP contribution < -0.4 is 15.5 Å². The van der Waals surface area contributed by atoms with Crippen molar-refractivity contribution < 1.29 is 23.5 Å². The molecule has 0 unspecified atom stereocenters. The van der Waals surface area contributed by atoms with Crippen molar-refractivity contribution in [2.45, 2.75) is 13.0 Å². The van der Waals surface area contributed by atoms with Gasteiger partial charge >= 0.3 is 6.09 Å². The molecule has 5 rings (SSSR count). The highest BCUT2D eigenvalue weighted by atomic mass is 32.1. The number of halogens is 1. The van der Waals surface area contributed by atoms with Crippen molar-refractivity contribution in [3.8, 4) is 5.69 Å². The lowest BCUT2D eigenvalue weighted by atomic mass is 10.2. The van der Waals surface area contributed by atoms with E-state index in [4.69, 9.17) is 4.74 Å². The maximum absolute atomic E-state index is 15.0. The quantitative estimate of drug-likeness (QED) is 0.425. The van der Waals surface area contributed by atoms with Gasteiger partial charge in [-0.1, -0.05) is 0 Å². The van der Waals surface area contributed by atoms with Gasteiger partial charge in [-0.3, -0.25) is 14.5 Å². The van der Waals surface area contributed by atoms with Gasteiger partial charge in [-0.05, 0) is 36.4 Å². The van der Waals surface area contributed by atoms with Crippen LogP contribution in [-0.2, 0) is 9.53 Å². The molecule has 0 spiro atoms. The third-order valence-electron chi connectivity index (χ3n) is 5.38. The van der Waals surface area contributed by atoms with Crippen LogP contribution in [0.2, 0.25) is 0 Å². The Morgan fingerprint density at radius 3 is 2.89 bits per heavy atom. The van der Waals surface area contributed by atoms with Gasteiger partial charge in [0.1, 0.15) is 23.9 Å². The van der Waals surface area contributed by atoms with E-state index in [2.05, 4.69) is 20.6 Å². The van der Waals surface area contributed by atoms with Crippen molar-refractivity contribution in [1.29, 1.82) is 0 Å². The number of cyclic esters (lactones) is 1. The summed E-state index contributed by atoms with van der Waals surface area (Å²) in [5, 5.41) is 5.37. The molecule has 0 saturated carbocycles. The van der Waals surface area contributed by atoms with E-state index in [-0.39, 0.29) is 30.4 Å². The Kier molecular flexibility index (Phi) is 5.87. The maximum atomic E-state index is 15.0. The molecule has 2 N–H and O–H groups in total. The maximum Gasteiger partial charge on any atom is 0.414 e. The summed E-state index contributed by atoms with van der Waals surface area (Å²) in [4.78, 5) is 45.5. The Bertz CT molecular complexity index is 1450. The number of hydrogen-bond donors (Lipinski definition) is 2. The number of rotatable bonds is 6. The zero-order valence-electron chi connectivity index (χ0n) is 18.4. The van der Waals surface area contributed by atoms with Crippen molar-refractivity contribution in [3.63, 3.8) is 0 Å². The number of nitrogens with zero attached hydrogens (tertiary/aromatic N) is 4. The largest absolute Gasteiger partial charge is 0.442 e. The topological polar surface area (TPSA) is 118 Å².